The van der Waals surface area contributed by atoms with Crippen molar-refractivity contribution in [2.45, 2.75) is 12.8 Å². The minimum Gasteiger partial charge on any atom is -0.284 e. The van der Waals surface area contributed by atoms with E-state index >= 15 is 0 Å². The summed E-state index contributed by atoms with van der Waals surface area (Å²) >= 11 is 0. The lowest BCUT2D eigenvalue weighted by Crippen LogP contribution is -2.16. The molecule has 0 fully saturated rings. The van der Waals surface area contributed by atoms with Crippen molar-refractivity contribution in [2.75, 3.05) is 10.5 Å². The molecule has 1 N–H and O–H groups in total. The number of nitrogens with zero attached hydrogens (tertiary/aromatic N) is 4. The van der Waals surface area contributed by atoms with Crippen LogP contribution < -0.4 is 4.72 Å². The van der Waals surface area contributed by atoms with Gasteiger partial charge in [-0.05, 0) is 24.6 Å². The molecule has 130 valence electrons. The van der Waals surface area contributed by atoms with Crippen LogP contribution in [0.2, 0.25) is 0 Å². The van der Waals surface area contributed by atoms with E-state index in [2.05, 4.69) is 20.6 Å². The molecule has 0 aliphatic heterocycles. The minimum absolute atomic E-state index is 0.0338. The third-order valence-electron chi connectivity index (χ3n) is 3.70. The van der Waals surface area contributed by atoms with Crippen molar-refractivity contribution < 1.29 is 8.42 Å². The Kier molecular flexibility index (Phi) is 4.87. The normalized spacial score (nSPS) is 11.0. The molecule has 3 aromatic rings. The average Bonchev–Trinajstić information content (AvgIpc) is 3.05. The van der Waals surface area contributed by atoms with Crippen molar-refractivity contribution in [3.8, 4) is 29.7 Å². The molecule has 0 amide bonds. The highest BCUT2D eigenvalue weighted by atomic mass is 32.2. The van der Waals surface area contributed by atoms with Gasteiger partial charge in [-0.3, -0.25) is 9.12 Å². The van der Waals surface area contributed by atoms with Crippen molar-refractivity contribution in [1.82, 2.24) is 14.4 Å². The first-order chi connectivity index (χ1) is 12.5. The van der Waals surface area contributed by atoms with Crippen molar-refractivity contribution >= 4 is 21.4 Å². The number of fused-ring (bicyclic) bond motifs is 1. The topological polar surface area (TPSA) is 100 Å². The van der Waals surface area contributed by atoms with Crippen LogP contribution in [-0.2, 0) is 10.0 Å². The predicted octanol–water partition coefficient (Wildman–Crippen LogP) is 2.42. The second-order valence-corrected chi connectivity index (χ2v) is 7.38. The van der Waals surface area contributed by atoms with Gasteiger partial charge in [0.25, 0.3) is 0 Å². The lowest BCUT2D eigenvalue weighted by atomic mass is 10.1. The summed E-state index contributed by atoms with van der Waals surface area (Å²) in [5.41, 5.74) is 2.65. The molecular weight excluding hydrogens is 350 g/mol. The minimum atomic E-state index is -3.47. The molecule has 2 aromatic heterocycles. The van der Waals surface area contributed by atoms with Crippen molar-refractivity contribution in [3.63, 3.8) is 0 Å². The molecule has 1 aromatic carbocycles. The summed E-state index contributed by atoms with van der Waals surface area (Å²) in [7, 11) is -3.47. The van der Waals surface area contributed by atoms with Crippen LogP contribution in [0.3, 0.4) is 0 Å². The largest absolute Gasteiger partial charge is 0.284 e. The number of imidazole rings is 1. The van der Waals surface area contributed by atoms with Gasteiger partial charge in [-0.25, -0.2) is 18.4 Å². The maximum Gasteiger partial charge on any atom is 0.232 e. The molecule has 26 heavy (non-hydrogen) atoms. The van der Waals surface area contributed by atoms with Crippen molar-refractivity contribution in [3.05, 3.63) is 48.5 Å². The highest BCUT2D eigenvalue weighted by Gasteiger charge is 2.12. The number of rotatable bonds is 6. The molecule has 0 aliphatic carbocycles. The summed E-state index contributed by atoms with van der Waals surface area (Å²) < 4.78 is 28.5. The van der Waals surface area contributed by atoms with Gasteiger partial charge in [0.15, 0.2) is 11.3 Å². The van der Waals surface area contributed by atoms with Gasteiger partial charge in [-0.2, -0.15) is 5.26 Å². The fourth-order valence-electron chi connectivity index (χ4n) is 2.55. The van der Waals surface area contributed by atoms with Gasteiger partial charge >= 0.3 is 0 Å². The Morgan fingerprint density at radius 1 is 1.27 bits per heavy atom. The number of benzene rings is 1. The number of hydrogen-bond donors (Lipinski definition) is 1. The van der Waals surface area contributed by atoms with Crippen LogP contribution in [0.25, 0.3) is 16.9 Å². The summed E-state index contributed by atoms with van der Waals surface area (Å²) in [5.74, 6) is 2.40. The second-order valence-electron chi connectivity index (χ2n) is 5.54. The van der Waals surface area contributed by atoms with Crippen LogP contribution in [0.5, 0.6) is 0 Å². The number of aromatic nitrogens is 3. The molecule has 0 bridgehead atoms. The van der Waals surface area contributed by atoms with Gasteiger partial charge in [0, 0.05) is 23.9 Å². The number of nitrogens with one attached hydrogen (secondary N) is 1. The second kappa shape index (κ2) is 7.26. The SMILES string of the molecule is C#CCCCS(=O)(=O)Nc1cccc(-c2ccnc3c(C#N)ncn23)c1. The molecular formula is C18H15N5O2S. The third kappa shape index (κ3) is 3.66. The fourth-order valence-corrected chi connectivity index (χ4v) is 3.66. The van der Waals surface area contributed by atoms with E-state index in [1.165, 1.54) is 6.33 Å². The van der Waals surface area contributed by atoms with E-state index in [1.807, 2.05) is 12.1 Å². The smallest absolute Gasteiger partial charge is 0.232 e. The summed E-state index contributed by atoms with van der Waals surface area (Å²) in [4.78, 5) is 8.21. The number of hydrogen-bond acceptors (Lipinski definition) is 5. The summed E-state index contributed by atoms with van der Waals surface area (Å²) in [6.45, 7) is 0. The highest BCUT2D eigenvalue weighted by molar-refractivity contribution is 7.92. The van der Waals surface area contributed by atoms with Crippen molar-refractivity contribution in [1.29, 1.82) is 5.26 Å². The Hall–Kier alpha value is -3.36. The van der Waals surface area contributed by atoms with Gasteiger partial charge in [-0.1, -0.05) is 12.1 Å². The van der Waals surface area contributed by atoms with E-state index in [0.717, 1.165) is 11.3 Å². The monoisotopic (exact) mass is 365 g/mol. The lowest BCUT2D eigenvalue weighted by molar-refractivity contribution is 0.599. The fraction of sp³-hybridized carbons (Fsp3) is 0.167. The first-order valence-corrected chi connectivity index (χ1v) is 9.46. The zero-order valence-corrected chi connectivity index (χ0v) is 14.6. The molecule has 7 nitrogen and oxygen atoms in total. The van der Waals surface area contributed by atoms with Gasteiger partial charge in [0.2, 0.25) is 10.0 Å². The van der Waals surface area contributed by atoms with E-state index in [1.54, 1.807) is 34.9 Å². The summed E-state index contributed by atoms with van der Waals surface area (Å²) in [6.07, 6.45) is 9.08. The zero-order valence-electron chi connectivity index (χ0n) is 13.8. The predicted molar refractivity (Wildman–Crippen MR) is 98.6 cm³/mol. The lowest BCUT2D eigenvalue weighted by Gasteiger charge is -2.10. The molecule has 0 radical (unpaired) electrons. The van der Waals surface area contributed by atoms with Gasteiger partial charge in [0.05, 0.1) is 11.4 Å². The van der Waals surface area contributed by atoms with E-state index in [0.29, 0.717) is 24.2 Å². The van der Waals surface area contributed by atoms with Crippen molar-refractivity contribution in [2.24, 2.45) is 0 Å². The van der Waals surface area contributed by atoms with Crippen LogP contribution >= 0.6 is 0 Å². The van der Waals surface area contributed by atoms with E-state index in [9.17, 15) is 8.42 Å². The number of terminal acetylenes is 1. The summed E-state index contributed by atoms with van der Waals surface area (Å²) in [5, 5.41) is 9.09. The molecule has 0 saturated carbocycles. The summed E-state index contributed by atoms with van der Waals surface area (Å²) in [6, 6.07) is 10.8. The average molecular weight is 365 g/mol. The molecule has 0 aliphatic rings. The molecule has 0 unspecified atom stereocenters. The van der Waals surface area contributed by atoms with E-state index in [4.69, 9.17) is 11.7 Å². The highest BCUT2D eigenvalue weighted by Crippen LogP contribution is 2.24. The molecule has 0 saturated heterocycles. The van der Waals surface area contributed by atoms with Gasteiger partial charge in [0.1, 0.15) is 12.4 Å². The van der Waals surface area contributed by atoms with Crippen LogP contribution in [0.15, 0.2) is 42.9 Å². The Morgan fingerprint density at radius 2 is 2.12 bits per heavy atom. The van der Waals surface area contributed by atoms with Gasteiger partial charge in [-0.15, -0.1) is 12.3 Å². The Morgan fingerprint density at radius 3 is 2.88 bits per heavy atom. The number of sulfonamides is 1. The maximum atomic E-state index is 12.1. The Labute approximate surface area is 151 Å². The third-order valence-corrected chi connectivity index (χ3v) is 5.08. The van der Waals surface area contributed by atoms with Gasteiger partial charge < -0.3 is 0 Å². The molecule has 0 atom stereocenters. The molecule has 0 spiro atoms. The molecule has 3 rings (SSSR count). The number of nitriles is 1. The number of unbranched alkanes of at least 4 members (excludes halogenated alkanes) is 1. The maximum absolute atomic E-state index is 12.1. The number of anilines is 1. The van der Waals surface area contributed by atoms with Crippen LogP contribution in [0, 0.1) is 23.7 Å². The van der Waals surface area contributed by atoms with Crippen LogP contribution in [0.1, 0.15) is 18.5 Å². The van der Waals surface area contributed by atoms with E-state index in [-0.39, 0.29) is 11.4 Å². The molecule has 8 heteroatoms. The Bertz CT molecular complexity index is 1140. The zero-order chi connectivity index (χ0) is 18.6. The first-order valence-electron chi connectivity index (χ1n) is 7.80. The quantitative estimate of drug-likeness (QED) is 0.534. The van der Waals surface area contributed by atoms with E-state index < -0.39 is 10.0 Å². The molecule has 2 heterocycles. The Balaban J connectivity index is 1.93. The van der Waals surface area contributed by atoms with Crippen LogP contribution in [0.4, 0.5) is 5.69 Å². The van der Waals surface area contributed by atoms with Crippen LogP contribution in [-0.4, -0.2) is 28.5 Å². The first kappa shape index (κ1) is 17.5. The standard InChI is InChI=1S/C18H15N5O2S/c1-2-3-4-10-26(24,25)22-15-7-5-6-14(11-15)17-8-9-20-18-16(12-19)21-13-23(17)18/h1,5-9,11,13,22H,3-4,10H2.